The average Bonchev–Trinajstić information content (AvgIpc) is 3.40. The van der Waals surface area contributed by atoms with E-state index in [0.29, 0.717) is 12.0 Å². The van der Waals surface area contributed by atoms with Gasteiger partial charge in [-0.3, -0.25) is 9.80 Å². The lowest BCUT2D eigenvalue weighted by molar-refractivity contribution is 0.206. The van der Waals surface area contributed by atoms with Crippen LogP contribution >= 0.6 is 0 Å². The molecule has 0 radical (unpaired) electrons. The van der Waals surface area contributed by atoms with Gasteiger partial charge in [0.15, 0.2) is 5.82 Å². The second-order valence-electron chi connectivity index (χ2n) is 7.22. The normalized spacial score (nSPS) is 21.2. The summed E-state index contributed by atoms with van der Waals surface area (Å²) in [4.78, 5) is 9.41. The quantitative estimate of drug-likeness (QED) is 0.832. The first-order chi connectivity index (χ1) is 12.2. The Balaban J connectivity index is 1.33. The lowest BCUT2D eigenvalue weighted by Crippen LogP contribution is -2.32. The molecule has 1 saturated heterocycles. The van der Waals surface area contributed by atoms with Crippen molar-refractivity contribution in [3.05, 3.63) is 47.4 Å². The van der Waals surface area contributed by atoms with E-state index in [-0.39, 0.29) is 5.82 Å². The highest BCUT2D eigenvalue weighted by molar-refractivity contribution is 5.19. The Morgan fingerprint density at radius 1 is 1.16 bits per heavy atom. The predicted molar refractivity (Wildman–Crippen MR) is 92.6 cm³/mol. The lowest BCUT2D eigenvalue weighted by atomic mass is 10.1. The monoisotopic (exact) mass is 344 g/mol. The van der Waals surface area contributed by atoms with Crippen molar-refractivity contribution in [2.45, 2.75) is 44.7 Å². The molecular formula is C19H25FN4O. The molecule has 1 aliphatic carbocycles. The van der Waals surface area contributed by atoms with Gasteiger partial charge < -0.3 is 4.52 Å². The molecular weight excluding hydrogens is 319 g/mol. The van der Waals surface area contributed by atoms with Gasteiger partial charge in [-0.2, -0.15) is 4.98 Å². The zero-order chi connectivity index (χ0) is 17.2. The smallest absolute Gasteiger partial charge is 0.229 e. The number of nitrogens with zero attached hydrogens (tertiary/aromatic N) is 4. The average molecular weight is 344 g/mol. The zero-order valence-corrected chi connectivity index (χ0v) is 14.7. The number of benzene rings is 1. The Hall–Kier alpha value is -1.79. The van der Waals surface area contributed by atoms with Gasteiger partial charge in [0.1, 0.15) is 5.82 Å². The van der Waals surface area contributed by atoms with E-state index in [2.05, 4.69) is 26.9 Å². The first-order valence-electron chi connectivity index (χ1n) is 9.23. The number of halogens is 1. The van der Waals surface area contributed by atoms with Gasteiger partial charge in [-0.1, -0.05) is 17.3 Å². The molecule has 1 aliphatic heterocycles. The highest BCUT2D eigenvalue weighted by atomic mass is 19.1. The van der Waals surface area contributed by atoms with Gasteiger partial charge in [0.05, 0.1) is 6.54 Å². The van der Waals surface area contributed by atoms with Crippen LogP contribution in [0.5, 0.6) is 0 Å². The van der Waals surface area contributed by atoms with E-state index >= 15 is 0 Å². The summed E-state index contributed by atoms with van der Waals surface area (Å²) in [5.41, 5.74) is 1.17. The van der Waals surface area contributed by atoms with Gasteiger partial charge in [0, 0.05) is 31.6 Å². The van der Waals surface area contributed by atoms with Crippen LogP contribution in [0.25, 0.3) is 0 Å². The maximum Gasteiger partial charge on any atom is 0.229 e. The fourth-order valence-electron chi connectivity index (χ4n) is 3.52. The minimum Gasteiger partial charge on any atom is -0.339 e. The fraction of sp³-hybridized carbons (Fsp3) is 0.579. The molecule has 0 spiro atoms. The summed E-state index contributed by atoms with van der Waals surface area (Å²) in [7, 11) is 0. The van der Waals surface area contributed by atoms with Crippen LogP contribution in [0.4, 0.5) is 4.39 Å². The van der Waals surface area contributed by atoms with Crippen LogP contribution in [0.1, 0.15) is 55.4 Å². The van der Waals surface area contributed by atoms with Gasteiger partial charge in [0.25, 0.3) is 0 Å². The van der Waals surface area contributed by atoms with Crippen LogP contribution in [0.3, 0.4) is 0 Å². The molecule has 4 rings (SSSR count). The van der Waals surface area contributed by atoms with E-state index < -0.39 is 0 Å². The largest absolute Gasteiger partial charge is 0.339 e. The molecule has 5 nitrogen and oxygen atoms in total. The molecule has 2 fully saturated rings. The van der Waals surface area contributed by atoms with Crippen LogP contribution in [0.2, 0.25) is 0 Å². The van der Waals surface area contributed by atoms with Gasteiger partial charge in [-0.15, -0.1) is 0 Å². The van der Waals surface area contributed by atoms with Gasteiger partial charge in [0.2, 0.25) is 5.89 Å². The molecule has 1 saturated carbocycles. The maximum atomic E-state index is 13.1. The molecule has 25 heavy (non-hydrogen) atoms. The Bertz CT molecular complexity index is 698. The molecule has 1 aromatic carbocycles. The molecule has 1 atom stereocenters. The van der Waals surface area contributed by atoms with E-state index in [0.717, 1.165) is 50.9 Å². The van der Waals surface area contributed by atoms with Crippen molar-refractivity contribution in [1.29, 1.82) is 0 Å². The van der Waals surface area contributed by atoms with Crippen LogP contribution < -0.4 is 0 Å². The van der Waals surface area contributed by atoms with Gasteiger partial charge in [-0.05, 0) is 50.4 Å². The van der Waals surface area contributed by atoms with Crippen molar-refractivity contribution in [3.63, 3.8) is 0 Å². The van der Waals surface area contributed by atoms with Crippen LogP contribution in [-0.2, 0) is 6.54 Å². The second-order valence-corrected chi connectivity index (χ2v) is 7.22. The number of hydrogen-bond acceptors (Lipinski definition) is 5. The summed E-state index contributed by atoms with van der Waals surface area (Å²) in [6, 6.07) is 7.17. The number of aromatic nitrogens is 2. The van der Waals surface area contributed by atoms with Crippen molar-refractivity contribution in [2.24, 2.45) is 0 Å². The Morgan fingerprint density at radius 2 is 1.96 bits per heavy atom. The summed E-state index contributed by atoms with van der Waals surface area (Å²) in [5.74, 6) is 1.96. The molecule has 134 valence electrons. The molecule has 0 amide bonds. The van der Waals surface area contributed by atoms with Crippen molar-refractivity contribution in [1.82, 2.24) is 19.9 Å². The standard InChI is InChI=1S/C19H25FN4O/c1-14(15-5-7-17(20)8-6-15)24-10-2-9-23(11-12-24)13-18-21-19(25-22-18)16-3-4-16/h5-8,14,16H,2-4,9-13H2,1H3. The highest BCUT2D eigenvalue weighted by Gasteiger charge is 2.30. The third-order valence-electron chi connectivity index (χ3n) is 5.30. The van der Waals surface area contributed by atoms with Crippen molar-refractivity contribution >= 4 is 0 Å². The first-order valence-corrected chi connectivity index (χ1v) is 9.23. The summed E-state index contributed by atoms with van der Waals surface area (Å²) in [6.45, 7) is 7.03. The van der Waals surface area contributed by atoms with E-state index in [1.807, 2.05) is 12.1 Å². The Labute approximate surface area is 147 Å². The van der Waals surface area contributed by atoms with Crippen LogP contribution in [0, 0.1) is 5.82 Å². The Kier molecular flexibility index (Phi) is 4.81. The molecule has 1 aromatic heterocycles. The zero-order valence-electron chi connectivity index (χ0n) is 14.7. The van der Waals surface area contributed by atoms with E-state index in [4.69, 9.17) is 4.52 Å². The SMILES string of the molecule is CC(c1ccc(F)cc1)N1CCCN(Cc2noc(C3CC3)n2)CC1. The maximum absolute atomic E-state index is 13.1. The summed E-state index contributed by atoms with van der Waals surface area (Å²) in [5, 5.41) is 4.14. The molecule has 0 bridgehead atoms. The Morgan fingerprint density at radius 3 is 2.72 bits per heavy atom. The third-order valence-corrected chi connectivity index (χ3v) is 5.30. The van der Waals surface area contributed by atoms with Gasteiger partial charge >= 0.3 is 0 Å². The minimum absolute atomic E-state index is 0.177. The molecule has 2 aliphatic rings. The summed E-state index contributed by atoms with van der Waals surface area (Å²) < 4.78 is 18.5. The predicted octanol–water partition coefficient (Wildman–Crippen LogP) is 3.36. The minimum atomic E-state index is -0.177. The van der Waals surface area contributed by atoms with Gasteiger partial charge in [-0.25, -0.2) is 4.39 Å². The van der Waals surface area contributed by atoms with E-state index in [1.165, 1.54) is 18.4 Å². The van der Waals surface area contributed by atoms with Crippen molar-refractivity contribution in [2.75, 3.05) is 26.2 Å². The molecule has 1 unspecified atom stereocenters. The topological polar surface area (TPSA) is 45.4 Å². The number of hydrogen-bond donors (Lipinski definition) is 0. The van der Waals surface area contributed by atoms with Crippen LogP contribution in [0.15, 0.2) is 28.8 Å². The number of rotatable bonds is 5. The second kappa shape index (κ2) is 7.22. The molecule has 0 N–H and O–H groups in total. The third kappa shape index (κ3) is 4.07. The molecule has 6 heteroatoms. The van der Waals surface area contributed by atoms with E-state index in [9.17, 15) is 4.39 Å². The highest BCUT2D eigenvalue weighted by Crippen LogP contribution is 2.38. The lowest BCUT2D eigenvalue weighted by Gasteiger charge is -2.28. The molecule has 2 aromatic rings. The van der Waals surface area contributed by atoms with Crippen LogP contribution in [-0.4, -0.2) is 46.1 Å². The van der Waals surface area contributed by atoms with Crippen molar-refractivity contribution < 1.29 is 8.91 Å². The summed E-state index contributed by atoms with van der Waals surface area (Å²) >= 11 is 0. The summed E-state index contributed by atoms with van der Waals surface area (Å²) in [6.07, 6.45) is 3.47. The fourth-order valence-corrected chi connectivity index (χ4v) is 3.52. The van der Waals surface area contributed by atoms with E-state index in [1.54, 1.807) is 12.1 Å². The first kappa shape index (κ1) is 16.7. The molecule has 2 heterocycles. The van der Waals surface area contributed by atoms with Crippen molar-refractivity contribution in [3.8, 4) is 0 Å².